The van der Waals surface area contributed by atoms with Crippen LogP contribution in [0.5, 0.6) is 5.75 Å². The first-order valence-electron chi connectivity index (χ1n) is 9.85. The standard InChI is InChI=1S/C22H30N4O2/c1-24(2)21-20(10-5-11-23-21)22(27)26-15-13-25(14-16-26)12-6-8-18-7-4-9-19(17-18)28-3/h4-5,7,9-11,17H,6,8,12-16H2,1-3H3. The lowest BCUT2D eigenvalue weighted by atomic mass is 10.1. The molecule has 0 bridgehead atoms. The van der Waals surface area contributed by atoms with Crippen LogP contribution in [-0.4, -0.2) is 74.6 Å². The zero-order chi connectivity index (χ0) is 19.9. The van der Waals surface area contributed by atoms with Crippen molar-refractivity contribution < 1.29 is 9.53 Å². The summed E-state index contributed by atoms with van der Waals surface area (Å²) in [5.74, 6) is 1.72. The van der Waals surface area contributed by atoms with Crippen molar-refractivity contribution >= 4 is 11.7 Å². The van der Waals surface area contributed by atoms with Gasteiger partial charge in [-0.15, -0.1) is 0 Å². The zero-order valence-corrected chi connectivity index (χ0v) is 17.1. The molecule has 2 aromatic rings. The minimum Gasteiger partial charge on any atom is -0.497 e. The van der Waals surface area contributed by atoms with Crippen LogP contribution in [-0.2, 0) is 6.42 Å². The second kappa shape index (κ2) is 9.55. The van der Waals surface area contributed by atoms with Crippen molar-refractivity contribution in [1.82, 2.24) is 14.8 Å². The van der Waals surface area contributed by atoms with E-state index in [0.29, 0.717) is 5.56 Å². The molecule has 1 saturated heterocycles. The minimum atomic E-state index is 0.0767. The van der Waals surface area contributed by atoms with Gasteiger partial charge < -0.3 is 14.5 Å². The summed E-state index contributed by atoms with van der Waals surface area (Å²) in [6, 6.07) is 12.0. The van der Waals surface area contributed by atoms with Gasteiger partial charge in [0.1, 0.15) is 11.6 Å². The molecule has 1 aliphatic rings. The van der Waals surface area contributed by atoms with E-state index in [-0.39, 0.29) is 5.91 Å². The van der Waals surface area contributed by atoms with Crippen LogP contribution in [0.25, 0.3) is 0 Å². The van der Waals surface area contributed by atoms with Crippen LogP contribution in [0.1, 0.15) is 22.3 Å². The van der Waals surface area contributed by atoms with E-state index < -0.39 is 0 Å². The molecule has 2 heterocycles. The number of carbonyl (C=O) groups excluding carboxylic acids is 1. The average molecular weight is 383 g/mol. The topological polar surface area (TPSA) is 48.9 Å². The fourth-order valence-corrected chi connectivity index (χ4v) is 3.60. The average Bonchev–Trinajstić information content (AvgIpc) is 2.74. The number of amides is 1. The van der Waals surface area contributed by atoms with Gasteiger partial charge >= 0.3 is 0 Å². The highest BCUT2D eigenvalue weighted by atomic mass is 16.5. The number of aromatic nitrogens is 1. The van der Waals surface area contributed by atoms with Crippen LogP contribution in [0, 0.1) is 0 Å². The van der Waals surface area contributed by atoms with E-state index in [4.69, 9.17) is 4.74 Å². The fraction of sp³-hybridized carbons (Fsp3) is 0.455. The zero-order valence-electron chi connectivity index (χ0n) is 17.1. The monoisotopic (exact) mass is 382 g/mol. The quantitative estimate of drug-likeness (QED) is 0.737. The van der Waals surface area contributed by atoms with E-state index in [9.17, 15) is 4.79 Å². The largest absolute Gasteiger partial charge is 0.497 e. The van der Waals surface area contributed by atoms with E-state index in [1.54, 1.807) is 13.3 Å². The van der Waals surface area contributed by atoms with Crippen LogP contribution < -0.4 is 9.64 Å². The van der Waals surface area contributed by atoms with E-state index in [2.05, 4.69) is 22.0 Å². The van der Waals surface area contributed by atoms with Gasteiger partial charge in [0.05, 0.1) is 12.7 Å². The highest BCUT2D eigenvalue weighted by Crippen LogP contribution is 2.18. The predicted molar refractivity (Wildman–Crippen MR) is 112 cm³/mol. The van der Waals surface area contributed by atoms with Crippen LogP contribution in [0.3, 0.4) is 0 Å². The third kappa shape index (κ3) is 5.01. The molecule has 0 spiro atoms. The summed E-state index contributed by atoms with van der Waals surface area (Å²) in [7, 11) is 5.53. The number of piperazine rings is 1. The summed E-state index contributed by atoms with van der Waals surface area (Å²) >= 11 is 0. The SMILES string of the molecule is COc1cccc(CCCN2CCN(C(=O)c3cccnc3N(C)C)CC2)c1. The van der Waals surface area contributed by atoms with Crippen LogP contribution in [0.4, 0.5) is 5.82 Å². The molecule has 1 fully saturated rings. The van der Waals surface area contributed by atoms with Crippen molar-refractivity contribution in [3.63, 3.8) is 0 Å². The Morgan fingerprint density at radius 1 is 1.14 bits per heavy atom. The van der Waals surface area contributed by atoms with E-state index >= 15 is 0 Å². The molecule has 1 aromatic heterocycles. The summed E-state index contributed by atoms with van der Waals surface area (Å²) in [5.41, 5.74) is 1.99. The van der Waals surface area contributed by atoms with Crippen molar-refractivity contribution in [3.05, 3.63) is 53.7 Å². The number of aryl methyl sites for hydroxylation is 1. The first-order valence-corrected chi connectivity index (χ1v) is 9.85. The van der Waals surface area contributed by atoms with Crippen molar-refractivity contribution in [2.75, 3.05) is 58.8 Å². The predicted octanol–water partition coefficient (Wildman–Crippen LogP) is 2.55. The Hall–Kier alpha value is -2.60. The Bertz CT molecular complexity index is 786. The Morgan fingerprint density at radius 2 is 1.93 bits per heavy atom. The number of pyridine rings is 1. The summed E-state index contributed by atoms with van der Waals surface area (Å²) in [5, 5.41) is 0. The van der Waals surface area contributed by atoms with Crippen molar-refractivity contribution in [3.8, 4) is 5.75 Å². The number of ether oxygens (including phenoxy) is 1. The molecule has 6 heteroatoms. The van der Waals surface area contributed by atoms with Gasteiger partial charge in [0.2, 0.25) is 0 Å². The Morgan fingerprint density at radius 3 is 2.64 bits per heavy atom. The first kappa shape index (κ1) is 20.1. The lowest BCUT2D eigenvalue weighted by Gasteiger charge is -2.35. The molecule has 0 aliphatic carbocycles. The number of benzene rings is 1. The number of hydrogen-bond donors (Lipinski definition) is 0. The van der Waals surface area contributed by atoms with E-state index in [0.717, 1.165) is 57.1 Å². The van der Waals surface area contributed by atoms with Gasteiger partial charge in [-0.25, -0.2) is 4.98 Å². The molecule has 3 rings (SSSR count). The van der Waals surface area contributed by atoms with Crippen molar-refractivity contribution in [2.24, 2.45) is 0 Å². The molecule has 0 radical (unpaired) electrons. The highest BCUT2D eigenvalue weighted by molar-refractivity contribution is 5.98. The molecule has 150 valence electrons. The molecule has 28 heavy (non-hydrogen) atoms. The number of carbonyl (C=O) groups is 1. The molecule has 6 nitrogen and oxygen atoms in total. The maximum atomic E-state index is 12.9. The molecule has 0 unspecified atom stereocenters. The number of rotatable bonds is 7. The van der Waals surface area contributed by atoms with Gasteiger partial charge in [-0.3, -0.25) is 9.69 Å². The lowest BCUT2D eigenvalue weighted by Crippen LogP contribution is -2.49. The number of anilines is 1. The van der Waals surface area contributed by atoms with Gasteiger partial charge in [-0.05, 0) is 49.2 Å². The summed E-state index contributed by atoms with van der Waals surface area (Å²) < 4.78 is 5.29. The van der Waals surface area contributed by atoms with Gasteiger partial charge in [0.25, 0.3) is 5.91 Å². The van der Waals surface area contributed by atoms with Crippen molar-refractivity contribution in [2.45, 2.75) is 12.8 Å². The van der Waals surface area contributed by atoms with Gasteiger partial charge in [0, 0.05) is 46.5 Å². The Balaban J connectivity index is 1.47. The number of nitrogens with zero attached hydrogens (tertiary/aromatic N) is 4. The molecular formula is C22H30N4O2. The molecule has 0 saturated carbocycles. The smallest absolute Gasteiger partial charge is 0.257 e. The Kier molecular flexibility index (Phi) is 6.87. The Labute approximate surface area is 167 Å². The first-order chi connectivity index (χ1) is 13.6. The third-order valence-electron chi connectivity index (χ3n) is 5.17. The second-order valence-corrected chi connectivity index (χ2v) is 7.36. The molecule has 1 aliphatic heterocycles. The second-order valence-electron chi connectivity index (χ2n) is 7.36. The highest BCUT2D eigenvalue weighted by Gasteiger charge is 2.24. The van der Waals surface area contributed by atoms with Crippen LogP contribution in [0.15, 0.2) is 42.6 Å². The number of hydrogen-bond acceptors (Lipinski definition) is 5. The minimum absolute atomic E-state index is 0.0767. The normalized spacial score (nSPS) is 14.8. The van der Waals surface area contributed by atoms with Gasteiger partial charge in [0.15, 0.2) is 0 Å². The molecule has 0 atom stereocenters. The molecule has 0 N–H and O–H groups in total. The molecule has 1 aromatic carbocycles. The number of methoxy groups -OCH3 is 1. The maximum Gasteiger partial charge on any atom is 0.257 e. The van der Waals surface area contributed by atoms with Crippen LogP contribution in [0.2, 0.25) is 0 Å². The van der Waals surface area contributed by atoms with Gasteiger partial charge in [-0.1, -0.05) is 12.1 Å². The van der Waals surface area contributed by atoms with Crippen LogP contribution >= 0.6 is 0 Å². The summed E-state index contributed by atoms with van der Waals surface area (Å²) in [4.78, 5) is 23.6. The fourth-order valence-electron chi connectivity index (χ4n) is 3.60. The molecular weight excluding hydrogens is 352 g/mol. The van der Waals surface area contributed by atoms with Crippen molar-refractivity contribution in [1.29, 1.82) is 0 Å². The van der Waals surface area contributed by atoms with E-state index in [1.165, 1.54) is 5.56 Å². The third-order valence-corrected chi connectivity index (χ3v) is 5.17. The van der Waals surface area contributed by atoms with E-state index in [1.807, 2.05) is 48.2 Å². The van der Waals surface area contributed by atoms with Gasteiger partial charge in [-0.2, -0.15) is 0 Å². The molecule has 1 amide bonds. The maximum absolute atomic E-state index is 12.9. The lowest BCUT2D eigenvalue weighted by molar-refractivity contribution is 0.0636. The summed E-state index contributed by atoms with van der Waals surface area (Å²) in [6.07, 6.45) is 3.87. The summed E-state index contributed by atoms with van der Waals surface area (Å²) in [6.45, 7) is 4.41.